The highest BCUT2D eigenvalue weighted by Crippen LogP contribution is 2.24. The molecule has 0 unspecified atom stereocenters. The molecule has 2 aromatic rings. The molecule has 0 atom stereocenters. The number of nitrogens with one attached hydrogen (secondary N) is 1. The van der Waals surface area contributed by atoms with E-state index in [4.69, 9.17) is 4.98 Å². The van der Waals surface area contributed by atoms with Crippen molar-refractivity contribution >= 4 is 16.9 Å². The Kier molecular flexibility index (Phi) is 4.06. The summed E-state index contributed by atoms with van der Waals surface area (Å²) in [4.78, 5) is 11.5. The van der Waals surface area contributed by atoms with E-state index in [2.05, 4.69) is 54.4 Å². The molecule has 1 heterocycles. The molecule has 21 heavy (non-hydrogen) atoms. The lowest BCUT2D eigenvalue weighted by molar-refractivity contribution is 0.221. The average Bonchev–Trinajstić information content (AvgIpc) is 2.49. The van der Waals surface area contributed by atoms with E-state index in [-0.39, 0.29) is 0 Å². The molecule has 0 saturated heterocycles. The van der Waals surface area contributed by atoms with Crippen LogP contribution in [-0.2, 0) is 0 Å². The van der Waals surface area contributed by atoms with Crippen LogP contribution in [0.3, 0.4) is 0 Å². The Morgan fingerprint density at radius 3 is 2.62 bits per heavy atom. The van der Waals surface area contributed by atoms with Crippen LogP contribution < -0.4 is 5.32 Å². The molecule has 112 valence electrons. The zero-order chi connectivity index (χ0) is 14.8. The minimum absolute atomic E-state index is 0.502. The largest absolute Gasteiger partial charge is 0.351 e. The van der Waals surface area contributed by atoms with Gasteiger partial charge >= 0.3 is 0 Å². The summed E-state index contributed by atoms with van der Waals surface area (Å²) < 4.78 is 0. The molecule has 0 amide bonds. The van der Waals surface area contributed by atoms with Crippen LogP contribution in [0.5, 0.6) is 0 Å². The van der Waals surface area contributed by atoms with Crippen molar-refractivity contribution in [3.8, 4) is 0 Å². The number of rotatable bonds is 3. The van der Waals surface area contributed by atoms with E-state index < -0.39 is 0 Å². The zero-order valence-electron chi connectivity index (χ0n) is 13.1. The molecule has 4 nitrogen and oxygen atoms in total. The monoisotopic (exact) mass is 284 g/mol. The van der Waals surface area contributed by atoms with Gasteiger partial charge in [-0.3, -0.25) is 0 Å². The van der Waals surface area contributed by atoms with Gasteiger partial charge in [-0.15, -0.1) is 0 Å². The van der Waals surface area contributed by atoms with E-state index in [1.54, 1.807) is 0 Å². The van der Waals surface area contributed by atoms with E-state index >= 15 is 0 Å². The predicted molar refractivity (Wildman–Crippen MR) is 87.6 cm³/mol. The van der Waals surface area contributed by atoms with Gasteiger partial charge in [-0.05, 0) is 52.3 Å². The minimum Gasteiger partial charge on any atom is -0.351 e. The number of aromatic nitrogens is 2. The molecular formula is C17H24N4. The second kappa shape index (κ2) is 5.98. The van der Waals surface area contributed by atoms with Crippen molar-refractivity contribution in [2.45, 2.75) is 44.7 Å². The van der Waals surface area contributed by atoms with Crippen molar-refractivity contribution in [2.75, 3.05) is 19.4 Å². The second-order valence-electron chi connectivity index (χ2n) is 6.32. The predicted octanol–water partition coefficient (Wildman–Crippen LogP) is 3.22. The first kappa shape index (κ1) is 14.3. The SMILES string of the molecule is Cc1cccc2cnc(NC3CCC(N(C)C)CC3)nc12. The van der Waals surface area contributed by atoms with E-state index in [0.717, 1.165) is 22.9 Å². The van der Waals surface area contributed by atoms with Crippen LogP contribution in [0.4, 0.5) is 5.95 Å². The van der Waals surface area contributed by atoms with E-state index in [1.807, 2.05) is 6.20 Å². The molecule has 0 radical (unpaired) electrons. The van der Waals surface area contributed by atoms with Gasteiger partial charge in [-0.2, -0.15) is 0 Å². The molecule has 4 heteroatoms. The third kappa shape index (κ3) is 3.16. The lowest BCUT2D eigenvalue weighted by Gasteiger charge is -2.32. The maximum absolute atomic E-state index is 4.69. The first-order valence-electron chi connectivity index (χ1n) is 7.79. The van der Waals surface area contributed by atoms with Crippen LogP contribution in [0.25, 0.3) is 10.9 Å². The Hall–Kier alpha value is -1.68. The van der Waals surface area contributed by atoms with Crippen LogP contribution in [0.15, 0.2) is 24.4 Å². The fourth-order valence-electron chi connectivity index (χ4n) is 3.19. The molecule has 1 aliphatic rings. The maximum atomic E-state index is 4.69. The third-order valence-corrected chi connectivity index (χ3v) is 4.57. The number of hydrogen-bond donors (Lipinski definition) is 1. The van der Waals surface area contributed by atoms with Gasteiger partial charge in [0.25, 0.3) is 0 Å². The molecule has 1 aromatic heterocycles. The van der Waals surface area contributed by atoms with Gasteiger partial charge in [0.2, 0.25) is 5.95 Å². The number of fused-ring (bicyclic) bond motifs is 1. The number of nitrogens with zero attached hydrogens (tertiary/aromatic N) is 3. The highest BCUT2D eigenvalue weighted by atomic mass is 15.1. The van der Waals surface area contributed by atoms with Gasteiger partial charge in [-0.25, -0.2) is 9.97 Å². The number of anilines is 1. The van der Waals surface area contributed by atoms with Crippen molar-refractivity contribution in [1.82, 2.24) is 14.9 Å². The Morgan fingerprint density at radius 2 is 1.90 bits per heavy atom. The molecule has 1 fully saturated rings. The molecule has 1 aliphatic carbocycles. The normalized spacial score (nSPS) is 22.7. The fraction of sp³-hybridized carbons (Fsp3) is 0.529. The van der Waals surface area contributed by atoms with Crippen LogP contribution >= 0.6 is 0 Å². The summed E-state index contributed by atoms with van der Waals surface area (Å²) in [5, 5.41) is 4.63. The number of benzene rings is 1. The summed E-state index contributed by atoms with van der Waals surface area (Å²) >= 11 is 0. The highest BCUT2D eigenvalue weighted by molar-refractivity contribution is 5.81. The molecular weight excluding hydrogens is 260 g/mol. The smallest absolute Gasteiger partial charge is 0.223 e. The first-order chi connectivity index (χ1) is 10.1. The number of aryl methyl sites for hydroxylation is 1. The molecule has 1 N–H and O–H groups in total. The quantitative estimate of drug-likeness (QED) is 0.939. The van der Waals surface area contributed by atoms with Crippen molar-refractivity contribution in [3.63, 3.8) is 0 Å². The van der Waals surface area contributed by atoms with Gasteiger partial charge in [-0.1, -0.05) is 18.2 Å². The molecule has 1 aromatic carbocycles. The summed E-state index contributed by atoms with van der Waals surface area (Å²) in [7, 11) is 4.35. The van der Waals surface area contributed by atoms with Gasteiger partial charge in [0.05, 0.1) is 5.52 Å². The topological polar surface area (TPSA) is 41.1 Å². The van der Waals surface area contributed by atoms with E-state index in [1.165, 1.54) is 31.2 Å². The van der Waals surface area contributed by atoms with E-state index in [0.29, 0.717) is 6.04 Å². The highest BCUT2D eigenvalue weighted by Gasteiger charge is 2.22. The summed E-state index contributed by atoms with van der Waals surface area (Å²) in [5.41, 5.74) is 2.26. The molecule has 0 spiro atoms. The Morgan fingerprint density at radius 1 is 1.14 bits per heavy atom. The van der Waals surface area contributed by atoms with Gasteiger partial charge in [0, 0.05) is 23.7 Å². The van der Waals surface area contributed by atoms with Crippen molar-refractivity contribution in [2.24, 2.45) is 0 Å². The lowest BCUT2D eigenvalue weighted by Crippen LogP contribution is -2.36. The fourth-order valence-corrected chi connectivity index (χ4v) is 3.19. The van der Waals surface area contributed by atoms with Crippen molar-refractivity contribution in [1.29, 1.82) is 0 Å². The van der Waals surface area contributed by atoms with Gasteiger partial charge in [0.15, 0.2) is 0 Å². The summed E-state index contributed by atoms with van der Waals surface area (Å²) in [5.74, 6) is 0.769. The van der Waals surface area contributed by atoms with Gasteiger partial charge in [0.1, 0.15) is 0 Å². The maximum Gasteiger partial charge on any atom is 0.223 e. The second-order valence-corrected chi connectivity index (χ2v) is 6.32. The first-order valence-corrected chi connectivity index (χ1v) is 7.79. The van der Waals surface area contributed by atoms with E-state index in [9.17, 15) is 0 Å². The van der Waals surface area contributed by atoms with Crippen molar-refractivity contribution < 1.29 is 0 Å². The van der Waals surface area contributed by atoms with Crippen LogP contribution in [-0.4, -0.2) is 41.0 Å². The van der Waals surface area contributed by atoms with Gasteiger partial charge < -0.3 is 10.2 Å². The molecule has 0 bridgehead atoms. The van der Waals surface area contributed by atoms with Crippen LogP contribution in [0.1, 0.15) is 31.2 Å². The summed E-state index contributed by atoms with van der Waals surface area (Å²) in [6, 6.07) is 7.44. The van der Waals surface area contributed by atoms with Crippen molar-refractivity contribution in [3.05, 3.63) is 30.0 Å². The standard InChI is InChI=1S/C17H24N4/c1-12-5-4-6-13-11-18-17(20-16(12)13)19-14-7-9-15(10-8-14)21(2)3/h4-6,11,14-15H,7-10H2,1-3H3,(H,18,19,20). The number of hydrogen-bond acceptors (Lipinski definition) is 4. The summed E-state index contributed by atoms with van der Waals surface area (Å²) in [6.45, 7) is 2.10. The Balaban J connectivity index is 1.70. The summed E-state index contributed by atoms with van der Waals surface area (Å²) in [6.07, 6.45) is 6.80. The average molecular weight is 284 g/mol. The number of para-hydroxylation sites is 1. The lowest BCUT2D eigenvalue weighted by atomic mass is 9.91. The molecule has 3 rings (SSSR count). The Labute approximate surface area is 126 Å². The molecule has 0 aliphatic heterocycles. The van der Waals surface area contributed by atoms with Crippen LogP contribution in [0.2, 0.25) is 0 Å². The zero-order valence-corrected chi connectivity index (χ0v) is 13.1. The Bertz CT molecular complexity index is 615. The van der Waals surface area contributed by atoms with Crippen LogP contribution in [0, 0.1) is 6.92 Å². The molecule has 1 saturated carbocycles. The minimum atomic E-state index is 0.502. The third-order valence-electron chi connectivity index (χ3n) is 4.57.